The highest BCUT2D eigenvalue weighted by Crippen LogP contribution is 1.34. The molecule has 0 aliphatic carbocycles. The van der Waals surface area contributed by atoms with Crippen LogP contribution in [0.3, 0.4) is 0 Å². The van der Waals surface area contributed by atoms with Gasteiger partial charge in [-0.2, -0.15) is 0 Å². The maximum atomic E-state index is 7.58. The van der Waals surface area contributed by atoms with Crippen molar-refractivity contribution in [3.05, 3.63) is 6.42 Å². The second-order valence-corrected chi connectivity index (χ2v) is 0.335. The molecule has 0 fully saturated rings. The summed E-state index contributed by atoms with van der Waals surface area (Å²) < 4.78 is 0. The summed E-state index contributed by atoms with van der Waals surface area (Å²) in [5.41, 5.74) is 0. The average Bonchev–Trinajstić information content (AvgIpc) is 1.37. The highest BCUT2D eigenvalue weighted by atomic mass is 16.2. The van der Waals surface area contributed by atoms with Crippen LogP contribution in [-0.4, -0.2) is 11.7 Å². The molecule has 0 unspecified atom stereocenters. The molecule has 0 aromatic carbocycles. The third-order valence-electron chi connectivity index (χ3n) is 0.0791. The van der Waals surface area contributed by atoms with Gasteiger partial charge >= 0.3 is 0 Å². The van der Waals surface area contributed by atoms with Crippen molar-refractivity contribution >= 4 is 0 Å². The smallest absolute Gasteiger partial charge is 0.0653 e. The van der Waals surface area contributed by atoms with Crippen molar-refractivity contribution in [3.8, 4) is 5.92 Å². The molecule has 0 rings (SSSR count). The van der Waals surface area contributed by atoms with Crippen LogP contribution >= 0.6 is 0 Å². The van der Waals surface area contributed by atoms with E-state index in [0.29, 0.717) is 0 Å². The predicted octanol–water partition coefficient (Wildman–Crippen LogP) is -0.432. The van der Waals surface area contributed by atoms with Gasteiger partial charge in [-0.05, 0) is 0 Å². The fourth-order valence-electron chi connectivity index (χ4n) is 0. The Labute approximate surface area is 25.3 Å². The minimum absolute atomic E-state index is 0.264. The van der Waals surface area contributed by atoms with E-state index in [-0.39, 0.29) is 6.61 Å². The summed E-state index contributed by atoms with van der Waals surface area (Å²) >= 11 is 0. The van der Waals surface area contributed by atoms with Gasteiger partial charge in [0.15, 0.2) is 0 Å². The zero-order chi connectivity index (χ0) is 3.41. The van der Waals surface area contributed by atoms with Crippen LogP contribution in [0, 0.1) is 12.3 Å². The molecule has 0 heterocycles. The third kappa shape index (κ3) is 1.52. The number of hydrogen-bond acceptors (Lipinski definition) is 1. The zero-order valence-corrected chi connectivity index (χ0v) is 2.15. The molecule has 1 heteroatoms. The van der Waals surface area contributed by atoms with Gasteiger partial charge in [-0.25, -0.2) is 0 Å². The summed E-state index contributed by atoms with van der Waals surface area (Å²) in [6.07, 6.45) is 5.95. The topological polar surface area (TPSA) is 20.2 Å². The minimum atomic E-state index is -0.264. The molecular weight excluding hydrogens is 52.0 g/mol. The molecule has 0 amide bonds. The van der Waals surface area contributed by atoms with Crippen molar-refractivity contribution in [3.63, 3.8) is 0 Å². The molecule has 0 radical (unpaired) electrons. The van der Waals surface area contributed by atoms with E-state index in [1.54, 1.807) is 5.92 Å². The number of hydrogen-bond donors (Lipinski definition) is 1. The highest BCUT2D eigenvalue weighted by Gasteiger charge is 1.32. The van der Waals surface area contributed by atoms with Gasteiger partial charge in [0.05, 0.1) is 6.61 Å². The monoisotopic (exact) mass is 55.0 g/mol. The summed E-state index contributed by atoms with van der Waals surface area (Å²) in [5, 5.41) is 7.58. The number of aliphatic hydroxyl groups is 1. The first kappa shape index (κ1) is 3.52. The molecule has 1 N–H and O–H groups in total. The Morgan fingerprint density at radius 3 is 2.25 bits per heavy atom. The Kier molecular flexibility index (Phi) is 2.22. The standard InChI is InChI=1S/C3H3O/c1-2-3-4/h4H,3H2/q-1. The van der Waals surface area contributed by atoms with Crippen LogP contribution in [0.5, 0.6) is 0 Å². The molecular formula is C3H3O-. The van der Waals surface area contributed by atoms with Gasteiger partial charge < -0.3 is 17.5 Å². The van der Waals surface area contributed by atoms with Crippen LogP contribution in [0.2, 0.25) is 0 Å². The maximum Gasteiger partial charge on any atom is 0.0653 e. The fourth-order valence-corrected chi connectivity index (χ4v) is 0. The molecule has 0 saturated heterocycles. The van der Waals surface area contributed by atoms with Gasteiger partial charge in [0.1, 0.15) is 0 Å². The first-order chi connectivity index (χ1) is 1.91. The molecule has 0 aromatic heterocycles. The van der Waals surface area contributed by atoms with Crippen molar-refractivity contribution in [2.45, 2.75) is 0 Å². The fraction of sp³-hybridized carbons (Fsp3) is 0.333. The second-order valence-electron chi connectivity index (χ2n) is 0.335. The lowest BCUT2D eigenvalue weighted by Gasteiger charge is -1.69. The van der Waals surface area contributed by atoms with E-state index < -0.39 is 0 Å². The van der Waals surface area contributed by atoms with Crippen molar-refractivity contribution in [1.29, 1.82) is 0 Å². The summed E-state index contributed by atoms with van der Waals surface area (Å²) in [6.45, 7) is -0.264. The number of rotatable bonds is 0. The van der Waals surface area contributed by atoms with Gasteiger partial charge in [-0.1, -0.05) is 0 Å². The van der Waals surface area contributed by atoms with Gasteiger partial charge in [0.25, 0.3) is 0 Å². The average molecular weight is 55.1 g/mol. The molecule has 0 aromatic rings. The van der Waals surface area contributed by atoms with Crippen LogP contribution in [0.1, 0.15) is 0 Å². The molecule has 1 nitrogen and oxygen atoms in total. The van der Waals surface area contributed by atoms with Crippen LogP contribution in [-0.2, 0) is 0 Å². The molecule has 0 saturated carbocycles. The van der Waals surface area contributed by atoms with E-state index >= 15 is 0 Å². The molecule has 0 atom stereocenters. The van der Waals surface area contributed by atoms with Crippen LogP contribution < -0.4 is 0 Å². The minimum Gasteiger partial charge on any atom is -0.691 e. The molecule has 4 heavy (non-hydrogen) atoms. The maximum absolute atomic E-state index is 7.58. The Hall–Kier alpha value is -0.480. The van der Waals surface area contributed by atoms with Gasteiger partial charge in [0.2, 0.25) is 0 Å². The largest absolute Gasteiger partial charge is 0.691 e. The molecule has 0 aliphatic rings. The van der Waals surface area contributed by atoms with Crippen LogP contribution in [0.15, 0.2) is 0 Å². The lowest BCUT2D eigenvalue weighted by molar-refractivity contribution is 0.350. The lowest BCUT2D eigenvalue weighted by Crippen LogP contribution is -1.64. The summed E-state index contributed by atoms with van der Waals surface area (Å²) in [6, 6.07) is 0. The first-order valence-electron chi connectivity index (χ1n) is 0.920. The van der Waals surface area contributed by atoms with E-state index in [0.717, 1.165) is 0 Å². The van der Waals surface area contributed by atoms with Gasteiger partial charge in [-0.3, -0.25) is 0 Å². The van der Waals surface area contributed by atoms with E-state index in [2.05, 4.69) is 0 Å². The highest BCUT2D eigenvalue weighted by molar-refractivity contribution is 4.71. The van der Waals surface area contributed by atoms with Crippen molar-refractivity contribution in [2.75, 3.05) is 6.61 Å². The number of aliphatic hydroxyl groups excluding tert-OH is 1. The van der Waals surface area contributed by atoms with Crippen molar-refractivity contribution in [1.82, 2.24) is 0 Å². The van der Waals surface area contributed by atoms with E-state index in [1.807, 2.05) is 0 Å². The lowest BCUT2D eigenvalue weighted by atomic mass is 10.8. The quantitative estimate of drug-likeness (QED) is 0.294. The Balaban J connectivity index is 2.43. The van der Waals surface area contributed by atoms with Gasteiger partial charge in [0, 0.05) is 0 Å². The van der Waals surface area contributed by atoms with Crippen molar-refractivity contribution < 1.29 is 5.11 Å². The van der Waals surface area contributed by atoms with E-state index in [4.69, 9.17) is 11.5 Å². The Morgan fingerprint density at radius 2 is 2.25 bits per heavy atom. The normalized spacial score (nSPS) is 5.00. The summed E-state index contributed by atoms with van der Waals surface area (Å²) in [4.78, 5) is 0. The summed E-state index contributed by atoms with van der Waals surface area (Å²) in [7, 11) is 0. The van der Waals surface area contributed by atoms with E-state index in [1.165, 1.54) is 0 Å². The Bertz CT molecular complexity index is 33.0. The van der Waals surface area contributed by atoms with Crippen molar-refractivity contribution in [2.24, 2.45) is 0 Å². The predicted molar refractivity (Wildman–Crippen MR) is 14.2 cm³/mol. The van der Waals surface area contributed by atoms with E-state index in [9.17, 15) is 0 Å². The van der Waals surface area contributed by atoms with Gasteiger partial charge in [-0.15, -0.1) is 0 Å². The molecule has 0 spiro atoms. The third-order valence-corrected chi connectivity index (χ3v) is 0.0791. The second kappa shape index (κ2) is 2.52. The van der Waals surface area contributed by atoms with Crippen LogP contribution in [0.25, 0.3) is 0 Å². The van der Waals surface area contributed by atoms with Crippen LogP contribution in [0.4, 0.5) is 0 Å². The Morgan fingerprint density at radius 1 is 2.00 bits per heavy atom. The molecule has 0 bridgehead atoms. The zero-order valence-electron chi connectivity index (χ0n) is 2.15. The molecule has 0 aliphatic heterocycles. The molecule has 22 valence electrons. The first-order valence-corrected chi connectivity index (χ1v) is 0.920. The SMILES string of the molecule is [C-]#CCO. The summed E-state index contributed by atoms with van der Waals surface area (Å²) in [5.74, 6) is 1.74.